The highest BCUT2D eigenvalue weighted by Crippen LogP contribution is 2.35. The maximum absolute atomic E-state index is 11.5. The third kappa shape index (κ3) is 6.40. The molecule has 174 valence electrons. The van der Waals surface area contributed by atoms with Gasteiger partial charge in [-0.1, -0.05) is 63.2 Å². The van der Waals surface area contributed by atoms with Crippen molar-refractivity contribution >= 4 is 20.4 Å². The molecule has 0 saturated carbocycles. The van der Waals surface area contributed by atoms with Crippen LogP contribution in [0.15, 0.2) is 54.6 Å². The Morgan fingerprint density at radius 2 is 1.81 bits per heavy atom. The van der Waals surface area contributed by atoms with Gasteiger partial charge in [-0.3, -0.25) is 15.0 Å². The fourth-order valence-corrected chi connectivity index (χ4v) is 5.82. The molecule has 0 amide bonds. The lowest BCUT2D eigenvalue weighted by Gasteiger charge is -2.48. The fraction of sp³-hybridized carbons (Fsp3) is 0.520. The molecule has 6 nitrogen and oxygen atoms in total. The first kappa shape index (κ1) is 24.4. The van der Waals surface area contributed by atoms with E-state index in [1.807, 2.05) is 12.1 Å². The quantitative estimate of drug-likeness (QED) is 0.325. The summed E-state index contributed by atoms with van der Waals surface area (Å²) in [5, 5.41) is 15.0. The van der Waals surface area contributed by atoms with E-state index in [-0.39, 0.29) is 34.2 Å². The Morgan fingerprint density at radius 3 is 2.44 bits per heavy atom. The van der Waals surface area contributed by atoms with Crippen LogP contribution in [0.2, 0.25) is 13.1 Å². The molecular weight excluding hydrogens is 418 g/mol. The van der Waals surface area contributed by atoms with Gasteiger partial charge in [-0.05, 0) is 43.0 Å². The highest BCUT2D eigenvalue weighted by atomic mass is 28.3. The second-order valence-corrected chi connectivity index (χ2v) is 12.5. The van der Waals surface area contributed by atoms with Crippen LogP contribution in [-0.2, 0) is 11.0 Å². The molecule has 1 saturated heterocycles. The van der Waals surface area contributed by atoms with Gasteiger partial charge in [-0.2, -0.15) is 0 Å². The van der Waals surface area contributed by atoms with Gasteiger partial charge >= 0.3 is 0 Å². The molecule has 3 rings (SSSR count). The Bertz CT molecular complexity index is 886. The number of rotatable bonds is 8. The first-order valence-electron chi connectivity index (χ1n) is 11.6. The molecule has 3 atom stereocenters. The van der Waals surface area contributed by atoms with Gasteiger partial charge in [0.1, 0.15) is 5.69 Å². The zero-order valence-corrected chi connectivity index (χ0v) is 21.1. The molecule has 1 heterocycles. The molecule has 0 spiro atoms. The van der Waals surface area contributed by atoms with E-state index in [1.165, 1.54) is 5.56 Å². The standard InChI is InChI=1S/C25H37N3O3Si/c1-25(2,3)24(31-32(4)5)23-17-20(26-21-13-9-10-14-22(21)28(29)30)15-16-27(23)18-19-11-7-6-8-12-19/h6-14,20,23-24,26,32H,15-18H2,1-5H3. The number of nitro benzene ring substituents is 1. The number of nitrogens with zero attached hydrogens (tertiary/aromatic N) is 2. The van der Waals surface area contributed by atoms with Crippen molar-refractivity contribution in [2.24, 2.45) is 5.41 Å². The topological polar surface area (TPSA) is 67.6 Å². The number of likely N-dealkylation sites (tertiary alicyclic amines) is 1. The highest BCUT2D eigenvalue weighted by molar-refractivity contribution is 6.48. The van der Waals surface area contributed by atoms with E-state index in [9.17, 15) is 10.1 Å². The van der Waals surface area contributed by atoms with E-state index in [0.29, 0.717) is 5.69 Å². The Labute approximate surface area is 193 Å². The number of hydrogen-bond acceptors (Lipinski definition) is 5. The molecule has 2 aromatic carbocycles. The number of piperidine rings is 1. The predicted octanol–water partition coefficient (Wildman–Crippen LogP) is 5.45. The second-order valence-electron chi connectivity index (χ2n) is 10.1. The lowest BCUT2D eigenvalue weighted by atomic mass is 9.79. The molecule has 1 aliphatic heterocycles. The average Bonchev–Trinajstić information content (AvgIpc) is 2.73. The summed E-state index contributed by atoms with van der Waals surface area (Å²) in [5.74, 6) is 0. The molecule has 0 aromatic heterocycles. The van der Waals surface area contributed by atoms with Crippen molar-refractivity contribution in [2.45, 2.75) is 71.4 Å². The summed E-state index contributed by atoms with van der Waals surface area (Å²) in [7, 11) is -1.26. The van der Waals surface area contributed by atoms with E-state index in [2.05, 4.69) is 74.4 Å². The molecule has 0 radical (unpaired) electrons. The number of nitrogens with one attached hydrogen (secondary N) is 1. The molecule has 0 aliphatic carbocycles. The minimum atomic E-state index is -1.26. The summed E-state index contributed by atoms with van der Waals surface area (Å²) in [6.45, 7) is 13.0. The summed E-state index contributed by atoms with van der Waals surface area (Å²) in [6.07, 6.45) is 1.93. The predicted molar refractivity (Wildman–Crippen MR) is 134 cm³/mol. The Balaban J connectivity index is 1.86. The van der Waals surface area contributed by atoms with Crippen LogP contribution in [-0.4, -0.2) is 43.6 Å². The summed E-state index contributed by atoms with van der Waals surface area (Å²) >= 11 is 0. The summed E-state index contributed by atoms with van der Waals surface area (Å²) in [5.41, 5.74) is 2.03. The lowest BCUT2D eigenvalue weighted by Crippen LogP contribution is -2.56. The molecule has 1 N–H and O–H groups in total. The van der Waals surface area contributed by atoms with Crippen molar-refractivity contribution in [1.82, 2.24) is 4.90 Å². The molecule has 0 bridgehead atoms. The minimum absolute atomic E-state index is 0.00247. The number of para-hydroxylation sites is 2. The van der Waals surface area contributed by atoms with Crippen molar-refractivity contribution in [2.75, 3.05) is 11.9 Å². The SMILES string of the molecule is C[SiH](C)OC(C1CC(Nc2ccccc2[N+](=O)[O-])CCN1Cc1ccccc1)C(C)(C)C. The van der Waals surface area contributed by atoms with Crippen molar-refractivity contribution in [1.29, 1.82) is 0 Å². The zero-order valence-electron chi connectivity index (χ0n) is 20.0. The third-order valence-corrected chi connectivity index (χ3v) is 6.91. The normalized spacial score (nSPS) is 20.8. The second kappa shape index (κ2) is 10.6. The Kier molecular flexibility index (Phi) is 8.09. The Morgan fingerprint density at radius 1 is 1.16 bits per heavy atom. The number of hydrogen-bond donors (Lipinski definition) is 1. The minimum Gasteiger partial charge on any atom is -0.416 e. The van der Waals surface area contributed by atoms with Crippen LogP contribution in [0.25, 0.3) is 0 Å². The van der Waals surface area contributed by atoms with Crippen molar-refractivity contribution in [3.05, 3.63) is 70.3 Å². The summed E-state index contributed by atoms with van der Waals surface area (Å²) < 4.78 is 6.64. The van der Waals surface area contributed by atoms with Gasteiger partial charge in [0.05, 0.1) is 11.0 Å². The molecule has 1 aliphatic rings. The number of anilines is 1. The smallest absolute Gasteiger partial charge is 0.292 e. The van der Waals surface area contributed by atoms with Gasteiger partial charge in [0.15, 0.2) is 9.04 Å². The number of benzene rings is 2. The van der Waals surface area contributed by atoms with E-state index in [0.717, 1.165) is 25.9 Å². The van der Waals surface area contributed by atoms with Crippen LogP contribution in [0.4, 0.5) is 11.4 Å². The van der Waals surface area contributed by atoms with Gasteiger partial charge in [0, 0.05) is 31.2 Å². The van der Waals surface area contributed by atoms with Crippen LogP contribution in [0.3, 0.4) is 0 Å². The van der Waals surface area contributed by atoms with Gasteiger partial charge in [0.25, 0.3) is 5.69 Å². The van der Waals surface area contributed by atoms with Crippen LogP contribution >= 0.6 is 0 Å². The molecule has 7 heteroatoms. The largest absolute Gasteiger partial charge is 0.416 e. The van der Waals surface area contributed by atoms with E-state index < -0.39 is 9.04 Å². The molecule has 32 heavy (non-hydrogen) atoms. The number of nitro groups is 1. The first-order valence-corrected chi connectivity index (χ1v) is 14.4. The lowest BCUT2D eigenvalue weighted by molar-refractivity contribution is -0.384. The maximum atomic E-state index is 11.5. The molecule has 2 aromatic rings. The van der Waals surface area contributed by atoms with Gasteiger partial charge in [-0.15, -0.1) is 0 Å². The van der Waals surface area contributed by atoms with E-state index in [4.69, 9.17) is 4.43 Å². The average molecular weight is 456 g/mol. The Hall–Kier alpha value is -2.22. The van der Waals surface area contributed by atoms with Crippen LogP contribution in [0, 0.1) is 15.5 Å². The van der Waals surface area contributed by atoms with Gasteiger partial charge < -0.3 is 9.74 Å². The van der Waals surface area contributed by atoms with Gasteiger partial charge in [-0.25, -0.2) is 0 Å². The van der Waals surface area contributed by atoms with Crippen LogP contribution in [0.1, 0.15) is 39.2 Å². The zero-order chi connectivity index (χ0) is 23.3. The van der Waals surface area contributed by atoms with Gasteiger partial charge in [0.2, 0.25) is 0 Å². The summed E-state index contributed by atoms with van der Waals surface area (Å²) in [6, 6.07) is 17.9. The van der Waals surface area contributed by atoms with Crippen molar-refractivity contribution in [3.8, 4) is 0 Å². The van der Waals surface area contributed by atoms with Crippen molar-refractivity contribution < 1.29 is 9.35 Å². The third-order valence-electron chi connectivity index (χ3n) is 6.07. The highest BCUT2D eigenvalue weighted by Gasteiger charge is 2.40. The van der Waals surface area contributed by atoms with Crippen LogP contribution < -0.4 is 5.32 Å². The van der Waals surface area contributed by atoms with E-state index >= 15 is 0 Å². The molecular formula is C25H37N3O3Si. The first-order chi connectivity index (χ1) is 15.1. The maximum Gasteiger partial charge on any atom is 0.292 e. The molecule has 1 fully saturated rings. The molecule has 3 unspecified atom stereocenters. The monoisotopic (exact) mass is 455 g/mol. The van der Waals surface area contributed by atoms with Crippen molar-refractivity contribution in [3.63, 3.8) is 0 Å². The summed E-state index contributed by atoms with van der Waals surface area (Å²) in [4.78, 5) is 13.7. The van der Waals surface area contributed by atoms with E-state index in [1.54, 1.807) is 12.1 Å². The fourth-order valence-electron chi connectivity index (χ4n) is 4.65. The van der Waals surface area contributed by atoms with Crippen LogP contribution in [0.5, 0.6) is 0 Å².